The van der Waals surface area contributed by atoms with Gasteiger partial charge in [-0.05, 0) is 19.1 Å². The Labute approximate surface area is 103 Å². The minimum Gasteiger partial charge on any atom is -0.488 e. The number of carbonyl (C=O) groups is 1. The topological polar surface area (TPSA) is 46.5 Å². The molecule has 5 heteroatoms. The maximum Gasteiger partial charge on any atom is 0.336 e. The summed E-state index contributed by atoms with van der Waals surface area (Å²) in [6, 6.07) is 4.81. The maximum atomic E-state index is 10.9. The molecule has 86 valence electrons. The molecule has 0 aliphatic rings. The summed E-state index contributed by atoms with van der Waals surface area (Å²) in [7, 11) is 0. The monoisotopic (exact) mass is 260 g/mol. The summed E-state index contributed by atoms with van der Waals surface area (Å²) in [5, 5.41) is 9.25. The van der Waals surface area contributed by atoms with Crippen LogP contribution in [0, 0.1) is 6.92 Å². The average molecular weight is 261 g/mol. The zero-order valence-corrected chi connectivity index (χ0v) is 10.0. The number of hydrogen-bond acceptors (Lipinski definition) is 2. The zero-order chi connectivity index (χ0) is 12.1. The standard InChI is InChI=1S/C11H10Cl2O3/c1-7-9(11(14)15)3-2-4-10(7)16-6-8(13)5-12/h2-5H,6H2,1H3,(H,14,15)/b8-5-. The third kappa shape index (κ3) is 3.15. The van der Waals surface area contributed by atoms with Crippen LogP contribution in [0.3, 0.4) is 0 Å². The number of rotatable bonds is 4. The van der Waals surface area contributed by atoms with E-state index in [9.17, 15) is 4.79 Å². The second-order valence-electron chi connectivity index (χ2n) is 3.08. The average Bonchev–Trinajstić information content (AvgIpc) is 2.26. The fraction of sp³-hybridized carbons (Fsp3) is 0.182. The number of carboxylic acid groups (broad SMARTS) is 1. The molecule has 3 nitrogen and oxygen atoms in total. The Kier molecular flexibility index (Phi) is 4.65. The normalized spacial score (nSPS) is 11.3. The Morgan fingerprint density at radius 1 is 1.56 bits per heavy atom. The minimum absolute atomic E-state index is 0.120. The highest BCUT2D eigenvalue weighted by Crippen LogP contribution is 2.22. The van der Waals surface area contributed by atoms with Gasteiger partial charge >= 0.3 is 5.97 Å². The number of hydrogen-bond donors (Lipinski definition) is 1. The van der Waals surface area contributed by atoms with Crippen molar-refractivity contribution in [1.82, 2.24) is 0 Å². The maximum absolute atomic E-state index is 10.9. The minimum atomic E-state index is -0.984. The summed E-state index contributed by atoms with van der Waals surface area (Å²) in [4.78, 5) is 10.9. The van der Waals surface area contributed by atoms with Crippen LogP contribution in [0.2, 0.25) is 0 Å². The molecule has 0 heterocycles. The fourth-order valence-electron chi connectivity index (χ4n) is 1.18. The molecule has 0 unspecified atom stereocenters. The predicted molar refractivity (Wildman–Crippen MR) is 63.4 cm³/mol. The van der Waals surface area contributed by atoms with Gasteiger partial charge in [0.05, 0.1) is 10.6 Å². The van der Waals surface area contributed by atoms with Crippen molar-refractivity contribution in [2.75, 3.05) is 6.61 Å². The number of benzene rings is 1. The summed E-state index contributed by atoms with van der Waals surface area (Å²) in [5.41, 5.74) is 1.98. The van der Waals surface area contributed by atoms with Gasteiger partial charge in [-0.25, -0.2) is 4.79 Å². The number of carboxylic acids is 1. The molecule has 1 aromatic carbocycles. The van der Waals surface area contributed by atoms with Gasteiger partial charge in [-0.1, -0.05) is 29.3 Å². The predicted octanol–water partition coefficient (Wildman–Crippen LogP) is 3.39. The van der Waals surface area contributed by atoms with Crippen LogP contribution < -0.4 is 4.74 Å². The van der Waals surface area contributed by atoms with Crippen LogP contribution >= 0.6 is 23.2 Å². The third-order valence-electron chi connectivity index (χ3n) is 2.00. The molecule has 16 heavy (non-hydrogen) atoms. The second-order valence-corrected chi connectivity index (χ2v) is 3.78. The van der Waals surface area contributed by atoms with E-state index >= 15 is 0 Å². The van der Waals surface area contributed by atoms with Crippen LogP contribution in [0.1, 0.15) is 15.9 Å². The SMILES string of the molecule is Cc1c(OC/C(Cl)=C/Cl)cccc1C(=O)O. The molecule has 0 bridgehead atoms. The molecular weight excluding hydrogens is 251 g/mol. The van der Waals surface area contributed by atoms with Crippen molar-refractivity contribution >= 4 is 29.2 Å². The van der Waals surface area contributed by atoms with Crippen LogP contribution in [0.5, 0.6) is 5.75 Å². The van der Waals surface area contributed by atoms with E-state index in [1.807, 2.05) is 0 Å². The van der Waals surface area contributed by atoms with E-state index < -0.39 is 5.97 Å². The van der Waals surface area contributed by atoms with Crippen LogP contribution in [-0.4, -0.2) is 17.7 Å². The zero-order valence-electron chi connectivity index (χ0n) is 8.54. The van der Waals surface area contributed by atoms with E-state index in [1.165, 1.54) is 11.6 Å². The molecule has 0 aliphatic carbocycles. The van der Waals surface area contributed by atoms with Crippen molar-refractivity contribution in [3.8, 4) is 5.75 Å². The van der Waals surface area contributed by atoms with Crippen molar-refractivity contribution in [2.45, 2.75) is 6.92 Å². The second kappa shape index (κ2) is 5.77. The van der Waals surface area contributed by atoms with Crippen LogP contribution in [0.15, 0.2) is 28.8 Å². The van der Waals surface area contributed by atoms with Gasteiger partial charge in [0, 0.05) is 11.1 Å². The fourth-order valence-corrected chi connectivity index (χ4v) is 1.30. The number of aromatic carboxylic acids is 1. The van der Waals surface area contributed by atoms with Gasteiger partial charge < -0.3 is 9.84 Å². The largest absolute Gasteiger partial charge is 0.488 e. The van der Waals surface area contributed by atoms with Crippen LogP contribution in [0.25, 0.3) is 0 Å². The molecule has 0 amide bonds. The first kappa shape index (κ1) is 12.9. The van der Waals surface area contributed by atoms with Crippen LogP contribution in [-0.2, 0) is 0 Å². The number of halogens is 2. The lowest BCUT2D eigenvalue weighted by Gasteiger charge is -2.09. The van der Waals surface area contributed by atoms with E-state index in [0.29, 0.717) is 16.3 Å². The van der Waals surface area contributed by atoms with Gasteiger partial charge in [0.15, 0.2) is 0 Å². The van der Waals surface area contributed by atoms with Gasteiger partial charge in [0.25, 0.3) is 0 Å². The summed E-state index contributed by atoms with van der Waals surface area (Å²) >= 11 is 11.0. The van der Waals surface area contributed by atoms with Gasteiger partial charge in [0.1, 0.15) is 12.4 Å². The molecule has 0 saturated heterocycles. The Morgan fingerprint density at radius 3 is 2.81 bits per heavy atom. The molecular formula is C11H10Cl2O3. The van der Waals surface area contributed by atoms with Gasteiger partial charge in [0.2, 0.25) is 0 Å². The Morgan fingerprint density at radius 2 is 2.25 bits per heavy atom. The molecule has 0 aromatic heterocycles. The highest BCUT2D eigenvalue weighted by molar-refractivity contribution is 6.36. The number of ether oxygens (including phenoxy) is 1. The van der Waals surface area contributed by atoms with Crippen molar-refractivity contribution in [1.29, 1.82) is 0 Å². The van der Waals surface area contributed by atoms with E-state index in [4.69, 9.17) is 33.0 Å². The lowest BCUT2D eigenvalue weighted by Crippen LogP contribution is -2.04. The van der Waals surface area contributed by atoms with Crippen molar-refractivity contribution in [3.63, 3.8) is 0 Å². The van der Waals surface area contributed by atoms with Gasteiger partial charge in [-0.15, -0.1) is 0 Å². The lowest BCUT2D eigenvalue weighted by atomic mass is 10.1. The molecule has 0 fully saturated rings. The molecule has 0 aliphatic heterocycles. The first-order valence-electron chi connectivity index (χ1n) is 4.46. The molecule has 0 spiro atoms. The summed E-state index contributed by atoms with van der Waals surface area (Å²) in [5.74, 6) is -0.501. The first-order valence-corrected chi connectivity index (χ1v) is 5.28. The van der Waals surface area contributed by atoms with Crippen LogP contribution in [0.4, 0.5) is 0 Å². The van der Waals surface area contributed by atoms with Gasteiger partial charge in [-0.2, -0.15) is 0 Å². The molecule has 0 atom stereocenters. The summed E-state index contributed by atoms with van der Waals surface area (Å²) < 4.78 is 5.33. The van der Waals surface area contributed by atoms with Crippen molar-refractivity contribution in [3.05, 3.63) is 39.9 Å². The molecule has 1 N–H and O–H groups in total. The highest BCUT2D eigenvalue weighted by Gasteiger charge is 2.10. The van der Waals surface area contributed by atoms with E-state index in [1.54, 1.807) is 19.1 Å². The first-order chi connectivity index (χ1) is 7.56. The summed E-state index contributed by atoms with van der Waals surface area (Å²) in [6.45, 7) is 1.80. The molecule has 0 saturated carbocycles. The van der Waals surface area contributed by atoms with Crippen molar-refractivity contribution in [2.24, 2.45) is 0 Å². The Bertz CT molecular complexity index is 427. The summed E-state index contributed by atoms with van der Waals surface area (Å²) in [6.07, 6.45) is 0. The van der Waals surface area contributed by atoms with E-state index in [2.05, 4.69) is 0 Å². The van der Waals surface area contributed by atoms with Crippen molar-refractivity contribution < 1.29 is 14.6 Å². The highest BCUT2D eigenvalue weighted by atomic mass is 35.5. The van der Waals surface area contributed by atoms with E-state index in [0.717, 1.165) is 0 Å². The molecule has 0 radical (unpaired) electrons. The Balaban J connectivity index is 2.89. The lowest BCUT2D eigenvalue weighted by molar-refractivity contribution is 0.0695. The van der Waals surface area contributed by atoms with E-state index in [-0.39, 0.29) is 12.2 Å². The quantitative estimate of drug-likeness (QED) is 0.903. The third-order valence-corrected chi connectivity index (χ3v) is 2.59. The van der Waals surface area contributed by atoms with Gasteiger partial charge in [-0.3, -0.25) is 0 Å². The Hall–Kier alpha value is -1.19. The molecule has 1 rings (SSSR count). The molecule has 1 aromatic rings. The smallest absolute Gasteiger partial charge is 0.336 e.